The number of rotatable bonds is 3. The molecular weight excluding hydrogens is 274 g/mol. The van der Waals surface area contributed by atoms with Gasteiger partial charge in [0.25, 0.3) is 0 Å². The predicted molar refractivity (Wildman–Crippen MR) is 77.0 cm³/mol. The third-order valence-corrected chi connectivity index (χ3v) is 4.08. The fourth-order valence-electron chi connectivity index (χ4n) is 3.08. The molecule has 2 heterocycles. The van der Waals surface area contributed by atoms with E-state index < -0.39 is 18.1 Å². The average Bonchev–Trinajstić information content (AvgIpc) is 2.80. The lowest BCUT2D eigenvalue weighted by atomic mass is 10.2. The first-order valence-electron chi connectivity index (χ1n) is 7.57. The minimum absolute atomic E-state index is 0.113. The molecule has 0 unspecified atom stereocenters. The number of piperazine rings is 1. The van der Waals surface area contributed by atoms with Crippen LogP contribution in [0.4, 0.5) is 4.79 Å². The van der Waals surface area contributed by atoms with Gasteiger partial charge in [-0.3, -0.25) is 4.90 Å². The fraction of sp³-hybridized carbons (Fsp3) is 0.857. The van der Waals surface area contributed by atoms with E-state index in [9.17, 15) is 14.7 Å². The molecule has 2 atom stereocenters. The van der Waals surface area contributed by atoms with Gasteiger partial charge in [0, 0.05) is 45.7 Å². The molecule has 0 saturated carbocycles. The molecular formula is C14H25N3O4. The number of β-amino-alcohol motifs (C(OH)–C–C–N with tert-alkyl or cyclic N) is 1. The van der Waals surface area contributed by atoms with Gasteiger partial charge in [-0.1, -0.05) is 13.8 Å². The summed E-state index contributed by atoms with van der Waals surface area (Å²) in [5.74, 6) is -0.448. The molecule has 0 aromatic heterocycles. The van der Waals surface area contributed by atoms with Crippen LogP contribution in [0.2, 0.25) is 0 Å². The summed E-state index contributed by atoms with van der Waals surface area (Å²) in [5, 5.41) is 18.8. The maximum atomic E-state index is 12.4. The molecule has 2 N–H and O–H groups in total. The number of carbonyl (C=O) groups excluding carboxylic acids is 1. The summed E-state index contributed by atoms with van der Waals surface area (Å²) in [6.45, 7) is 8.33. The summed E-state index contributed by atoms with van der Waals surface area (Å²) in [4.78, 5) is 29.0. The monoisotopic (exact) mass is 299 g/mol. The van der Waals surface area contributed by atoms with E-state index in [2.05, 4.69) is 18.7 Å². The van der Waals surface area contributed by atoms with Crippen molar-refractivity contribution in [3.63, 3.8) is 0 Å². The van der Waals surface area contributed by atoms with Gasteiger partial charge in [0.15, 0.2) is 0 Å². The van der Waals surface area contributed by atoms with Crippen molar-refractivity contribution in [2.24, 2.45) is 5.92 Å². The van der Waals surface area contributed by atoms with Crippen LogP contribution in [0, 0.1) is 5.92 Å². The molecule has 0 aromatic carbocycles. The Hall–Kier alpha value is -1.34. The number of aliphatic hydroxyl groups excluding tert-OH is 1. The molecule has 0 bridgehead atoms. The van der Waals surface area contributed by atoms with Crippen molar-refractivity contribution < 1.29 is 19.8 Å². The SMILES string of the molecule is CC(C)CN1CCN(C(=O)N2C[C@H](O)C[C@H]2C(=O)O)CC1. The number of aliphatic carboxylic acids is 1. The standard InChI is InChI=1S/C14H25N3O4/c1-10(2)8-15-3-5-16(6-4-15)14(21)17-9-11(18)7-12(17)13(19)20/h10-12,18H,3-9H2,1-2H3,(H,19,20)/t11-,12+/m1/s1. The number of likely N-dealkylation sites (tertiary alicyclic amines) is 1. The zero-order valence-corrected chi connectivity index (χ0v) is 12.7. The molecule has 2 fully saturated rings. The second-order valence-corrected chi connectivity index (χ2v) is 6.36. The topological polar surface area (TPSA) is 84.3 Å². The number of carbonyl (C=O) groups is 2. The maximum Gasteiger partial charge on any atom is 0.326 e. The average molecular weight is 299 g/mol. The molecule has 2 rings (SSSR count). The first kappa shape index (κ1) is 16.0. The Labute approximate surface area is 125 Å². The predicted octanol–water partition coefficient (Wildman–Crippen LogP) is -0.100. The van der Waals surface area contributed by atoms with Crippen molar-refractivity contribution >= 4 is 12.0 Å². The lowest BCUT2D eigenvalue weighted by Crippen LogP contribution is -2.55. The van der Waals surface area contributed by atoms with E-state index in [0.29, 0.717) is 19.0 Å². The first-order valence-corrected chi connectivity index (χ1v) is 7.57. The lowest BCUT2D eigenvalue weighted by molar-refractivity contribution is -0.141. The van der Waals surface area contributed by atoms with E-state index in [1.165, 1.54) is 4.90 Å². The van der Waals surface area contributed by atoms with Crippen molar-refractivity contribution in [1.29, 1.82) is 0 Å². The zero-order valence-electron chi connectivity index (χ0n) is 12.7. The maximum absolute atomic E-state index is 12.4. The molecule has 2 amide bonds. The van der Waals surface area contributed by atoms with Crippen LogP contribution in [0.1, 0.15) is 20.3 Å². The van der Waals surface area contributed by atoms with Gasteiger partial charge in [0.2, 0.25) is 0 Å². The summed E-state index contributed by atoms with van der Waals surface area (Å²) < 4.78 is 0. The van der Waals surface area contributed by atoms with Crippen LogP contribution in [0.3, 0.4) is 0 Å². The van der Waals surface area contributed by atoms with Crippen LogP contribution in [0.25, 0.3) is 0 Å². The Morgan fingerprint density at radius 2 is 1.81 bits per heavy atom. The molecule has 0 aromatic rings. The molecule has 7 heteroatoms. The fourth-order valence-corrected chi connectivity index (χ4v) is 3.08. The molecule has 21 heavy (non-hydrogen) atoms. The number of amides is 2. The summed E-state index contributed by atoms with van der Waals surface area (Å²) in [6.07, 6.45) is -0.619. The van der Waals surface area contributed by atoms with Gasteiger partial charge in [-0.05, 0) is 5.92 Å². The van der Waals surface area contributed by atoms with Gasteiger partial charge in [-0.25, -0.2) is 9.59 Å². The summed E-state index contributed by atoms with van der Waals surface area (Å²) in [7, 11) is 0. The Kier molecular flexibility index (Phi) is 5.05. The molecule has 2 aliphatic rings. The van der Waals surface area contributed by atoms with Gasteiger partial charge in [0.1, 0.15) is 6.04 Å². The number of urea groups is 1. The minimum Gasteiger partial charge on any atom is -0.480 e. The van der Waals surface area contributed by atoms with Gasteiger partial charge in [-0.2, -0.15) is 0 Å². The molecule has 0 aliphatic carbocycles. The van der Waals surface area contributed by atoms with E-state index in [-0.39, 0.29) is 19.0 Å². The third kappa shape index (κ3) is 3.85. The van der Waals surface area contributed by atoms with E-state index in [4.69, 9.17) is 5.11 Å². The van der Waals surface area contributed by atoms with Gasteiger partial charge >= 0.3 is 12.0 Å². The number of aliphatic hydroxyl groups is 1. The Balaban J connectivity index is 1.91. The number of hydrogen-bond acceptors (Lipinski definition) is 4. The molecule has 2 saturated heterocycles. The van der Waals surface area contributed by atoms with Crippen molar-refractivity contribution in [3.8, 4) is 0 Å². The largest absolute Gasteiger partial charge is 0.480 e. The summed E-state index contributed by atoms with van der Waals surface area (Å²) >= 11 is 0. The highest BCUT2D eigenvalue weighted by molar-refractivity contribution is 5.83. The van der Waals surface area contributed by atoms with Crippen molar-refractivity contribution in [1.82, 2.24) is 14.7 Å². The van der Waals surface area contributed by atoms with Crippen molar-refractivity contribution in [3.05, 3.63) is 0 Å². The Morgan fingerprint density at radius 1 is 1.19 bits per heavy atom. The Morgan fingerprint density at radius 3 is 2.33 bits per heavy atom. The highest BCUT2D eigenvalue weighted by Gasteiger charge is 2.41. The Bertz CT molecular complexity index is 394. The highest BCUT2D eigenvalue weighted by Crippen LogP contribution is 2.20. The number of carboxylic acids is 1. The smallest absolute Gasteiger partial charge is 0.326 e. The second-order valence-electron chi connectivity index (χ2n) is 6.36. The summed E-state index contributed by atoms with van der Waals surface area (Å²) in [5.41, 5.74) is 0. The van der Waals surface area contributed by atoms with E-state index in [0.717, 1.165) is 19.6 Å². The zero-order chi connectivity index (χ0) is 15.6. The van der Waals surface area contributed by atoms with E-state index >= 15 is 0 Å². The first-order chi connectivity index (χ1) is 9.88. The normalized spacial score (nSPS) is 27.4. The third-order valence-electron chi connectivity index (χ3n) is 4.08. The van der Waals surface area contributed by atoms with Gasteiger partial charge in [0.05, 0.1) is 6.10 Å². The van der Waals surface area contributed by atoms with Crippen LogP contribution in [-0.2, 0) is 4.79 Å². The molecule has 0 radical (unpaired) electrons. The molecule has 2 aliphatic heterocycles. The number of hydrogen-bond donors (Lipinski definition) is 2. The quantitative estimate of drug-likeness (QED) is 0.760. The van der Waals surface area contributed by atoms with Gasteiger partial charge < -0.3 is 20.0 Å². The summed E-state index contributed by atoms with van der Waals surface area (Å²) in [6, 6.07) is -1.16. The van der Waals surface area contributed by atoms with Crippen LogP contribution in [0.15, 0.2) is 0 Å². The number of carboxylic acid groups (broad SMARTS) is 1. The van der Waals surface area contributed by atoms with E-state index in [1.807, 2.05) is 0 Å². The van der Waals surface area contributed by atoms with Crippen molar-refractivity contribution in [2.75, 3.05) is 39.3 Å². The lowest BCUT2D eigenvalue weighted by Gasteiger charge is -2.38. The van der Waals surface area contributed by atoms with Crippen LogP contribution >= 0.6 is 0 Å². The van der Waals surface area contributed by atoms with Crippen LogP contribution in [-0.4, -0.2) is 88.3 Å². The highest BCUT2D eigenvalue weighted by atomic mass is 16.4. The molecule has 120 valence electrons. The van der Waals surface area contributed by atoms with Crippen molar-refractivity contribution in [2.45, 2.75) is 32.4 Å². The number of nitrogens with zero attached hydrogens (tertiary/aromatic N) is 3. The van der Waals surface area contributed by atoms with E-state index in [1.54, 1.807) is 4.90 Å². The van der Waals surface area contributed by atoms with Crippen LogP contribution in [0.5, 0.6) is 0 Å². The minimum atomic E-state index is -1.04. The second kappa shape index (κ2) is 6.62. The molecule has 7 nitrogen and oxygen atoms in total. The van der Waals surface area contributed by atoms with Gasteiger partial charge in [-0.15, -0.1) is 0 Å². The van der Waals surface area contributed by atoms with Crippen LogP contribution < -0.4 is 0 Å². The molecule has 0 spiro atoms.